The molecule has 0 radical (unpaired) electrons. The molecule has 0 bridgehead atoms. The monoisotopic (exact) mass is 468 g/mol. The highest BCUT2D eigenvalue weighted by atomic mass is 19.4. The third kappa shape index (κ3) is 4.68. The summed E-state index contributed by atoms with van der Waals surface area (Å²) in [6.07, 6.45) is -0.360. The second-order valence-corrected chi connectivity index (χ2v) is 7.72. The number of para-hydroxylation sites is 1. The van der Waals surface area contributed by atoms with Crippen molar-refractivity contribution in [2.24, 2.45) is 0 Å². The van der Waals surface area contributed by atoms with Gasteiger partial charge in [0.25, 0.3) is 5.89 Å². The summed E-state index contributed by atoms with van der Waals surface area (Å²) >= 11 is 0. The van der Waals surface area contributed by atoms with Crippen LogP contribution in [-0.2, 0) is 6.18 Å². The first-order valence-electron chi connectivity index (χ1n) is 10.6. The molecular formula is C23H19F3N6O2. The molecular weight excluding hydrogens is 449 g/mol. The Morgan fingerprint density at radius 2 is 1.59 bits per heavy atom. The third-order valence-electron chi connectivity index (χ3n) is 5.47. The van der Waals surface area contributed by atoms with E-state index in [0.29, 0.717) is 43.3 Å². The number of hydrogen-bond acceptors (Lipinski definition) is 8. The van der Waals surface area contributed by atoms with Crippen LogP contribution >= 0.6 is 0 Å². The van der Waals surface area contributed by atoms with Crippen LogP contribution in [0.2, 0.25) is 0 Å². The van der Waals surface area contributed by atoms with Crippen molar-refractivity contribution >= 4 is 5.82 Å². The van der Waals surface area contributed by atoms with E-state index in [0.717, 1.165) is 11.6 Å². The van der Waals surface area contributed by atoms with E-state index in [9.17, 15) is 13.2 Å². The van der Waals surface area contributed by atoms with Crippen LogP contribution in [0.4, 0.5) is 19.0 Å². The van der Waals surface area contributed by atoms with Gasteiger partial charge >= 0.3 is 6.18 Å². The van der Waals surface area contributed by atoms with Crippen LogP contribution in [0.3, 0.4) is 0 Å². The van der Waals surface area contributed by atoms with Crippen molar-refractivity contribution in [3.63, 3.8) is 0 Å². The van der Waals surface area contributed by atoms with E-state index >= 15 is 0 Å². The van der Waals surface area contributed by atoms with Gasteiger partial charge in [-0.15, -0.1) is 20.4 Å². The second-order valence-electron chi connectivity index (χ2n) is 7.72. The molecule has 0 aliphatic carbocycles. The first-order valence-corrected chi connectivity index (χ1v) is 10.6. The summed E-state index contributed by atoms with van der Waals surface area (Å²) < 4.78 is 51.0. The molecule has 0 spiro atoms. The highest BCUT2D eigenvalue weighted by Gasteiger charge is 2.35. The maximum absolute atomic E-state index is 13.2. The molecule has 8 nitrogen and oxygen atoms in total. The minimum atomic E-state index is -4.45. The molecule has 1 fully saturated rings. The summed E-state index contributed by atoms with van der Waals surface area (Å²) in [6.45, 7) is 1.17. The van der Waals surface area contributed by atoms with E-state index in [4.69, 9.17) is 9.15 Å². The van der Waals surface area contributed by atoms with Crippen LogP contribution in [0.5, 0.6) is 5.75 Å². The zero-order valence-corrected chi connectivity index (χ0v) is 17.8. The lowest BCUT2D eigenvalue weighted by atomic mass is 10.1. The van der Waals surface area contributed by atoms with Crippen LogP contribution < -0.4 is 9.64 Å². The number of halogens is 3. The number of nitrogens with zero attached hydrogens (tertiary/aromatic N) is 6. The van der Waals surface area contributed by atoms with Gasteiger partial charge in [0.05, 0.1) is 5.56 Å². The predicted molar refractivity (Wildman–Crippen MR) is 116 cm³/mol. The molecule has 5 rings (SSSR count). The summed E-state index contributed by atoms with van der Waals surface area (Å²) in [5.41, 5.74) is 0.437. The predicted octanol–water partition coefficient (Wildman–Crippen LogP) is 4.66. The molecule has 1 aliphatic heterocycles. The smallest absolute Gasteiger partial charge is 0.419 e. The van der Waals surface area contributed by atoms with E-state index < -0.39 is 11.7 Å². The average molecular weight is 468 g/mol. The molecule has 0 atom stereocenters. The molecule has 3 aromatic heterocycles. The largest absolute Gasteiger partial charge is 0.490 e. The molecule has 0 saturated carbocycles. The normalized spacial score (nSPS) is 14.9. The van der Waals surface area contributed by atoms with Crippen molar-refractivity contribution in [3.05, 3.63) is 66.5 Å². The van der Waals surface area contributed by atoms with E-state index in [1.807, 2.05) is 4.90 Å². The Labute approximate surface area is 192 Å². The minimum Gasteiger partial charge on any atom is -0.490 e. The van der Waals surface area contributed by atoms with E-state index in [2.05, 4.69) is 25.4 Å². The van der Waals surface area contributed by atoms with Gasteiger partial charge in [-0.1, -0.05) is 12.1 Å². The summed E-state index contributed by atoms with van der Waals surface area (Å²) in [7, 11) is 0. The maximum Gasteiger partial charge on any atom is 0.419 e. The van der Waals surface area contributed by atoms with E-state index in [1.54, 1.807) is 42.7 Å². The van der Waals surface area contributed by atoms with Crippen LogP contribution in [0.1, 0.15) is 18.4 Å². The maximum atomic E-state index is 13.2. The molecule has 1 aliphatic rings. The number of anilines is 1. The number of ether oxygens (including phenoxy) is 1. The molecule has 4 aromatic rings. The Morgan fingerprint density at radius 1 is 0.853 bits per heavy atom. The summed E-state index contributed by atoms with van der Waals surface area (Å²) in [4.78, 5) is 5.98. The van der Waals surface area contributed by atoms with Gasteiger partial charge in [-0.2, -0.15) is 13.2 Å². The van der Waals surface area contributed by atoms with Crippen molar-refractivity contribution in [2.75, 3.05) is 18.0 Å². The van der Waals surface area contributed by atoms with Crippen LogP contribution in [0.15, 0.2) is 65.3 Å². The van der Waals surface area contributed by atoms with E-state index in [1.165, 1.54) is 12.1 Å². The fourth-order valence-electron chi connectivity index (χ4n) is 3.73. The zero-order valence-electron chi connectivity index (χ0n) is 17.8. The number of alkyl halides is 3. The molecule has 11 heteroatoms. The minimum absolute atomic E-state index is 0.136. The van der Waals surface area contributed by atoms with Crippen molar-refractivity contribution in [1.29, 1.82) is 0 Å². The Morgan fingerprint density at radius 3 is 2.29 bits per heavy atom. The van der Waals surface area contributed by atoms with Gasteiger partial charge in [0.15, 0.2) is 5.82 Å². The molecule has 1 saturated heterocycles. The highest BCUT2D eigenvalue weighted by molar-refractivity contribution is 5.55. The lowest BCUT2D eigenvalue weighted by Crippen LogP contribution is -2.39. The lowest BCUT2D eigenvalue weighted by molar-refractivity contribution is -0.139. The Kier molecular flexibility index (Phi) is 5.83. The Hall–Kier alpha value is -4.02. The highest BCUT2D eigenvalue weighted by Crippen LogP contribution is 2.37. The number of rotatable bonds is 5. The zero-order chi connectivity index (χ0) is 23.5. The fourth-order valence-corrected chi connectivity index (χ4v) is 3.73. The molecule has 34 heavy (non-hydrogen) atoms. The topological polar surface area (TPSA) is 90.1 Å². The third-order valence-corrected chi connectivity index (χ3v) is 5.47. The van der Waals surface area contributed by atoms with Gasteiger partial charge in [0, 0.05) is 43.9 Å². The van der Waals surface area contributed by atoms with Gasteiger partial charge in [-0.25, -0.2) is 0 Å². The first kappa shape index (κ1) is 21.8. The molecule has 4 heterocycles. The van der Waals surface area contributed by atoms with Crippen molar-refractivity contribution in [3.8, 4) is 28.8 Å². The fraction of sp³-hybridized carbons (Fsp3) is 0.261. The van der Waals surface area contributed by atoms with Gasteiger partial charge in [0.1, 0.15) is 17.5 Å². The average Bonchev–Trinajstić information content (AvgIpc) is 3.35. The van der Waals surface area contributed by atoms with Gasteiger partial charge in [-0.3, -0.25) is 4.98 Å². The van der Waals surface area contributed by atoms with E-state index in [-0.39, 0.29) is 17.7 Å². The van der Waals surface area contributed by atoms with Gasteiger partial charge in [-0.05, 0) is 36.4 Å². The Bertz CT molecular complexity index is 1240. The Balaban J connectivity index is 1.21. The number of piperidine rings is 1. The molecule has 0 amide bonds. The number of hydrogen-bond donors (Lipinski definition) is 0. The molecule has 0 unspecified atom stereocenters. The van der Waals surface area contributed by atoms with Gasteiger partial charge < -0.3 is 14.1 Å². The number of pyridine rings is 1. The quantitative estimate of drug-likeness (QED) is 0.418. The second kappa shape index (κ2) is 9.08. The van der Waals surface area contributed by atoms with Gasteiger partial charge in [0.2, 0.25) is 5.89 Å². The number of aromatic nitrogens is 5. The summed E-state index contributed by atoms with van der Waals surface area (Å²) in [5, 5.41) is 16.5. The molecule has 1 aromatic carbocycles. The summed E-state index contributed by atoms with van der Waals surface area (Å²) in [5.74, 6) is 1.13. The van der Waals surface area contributed by atoms with Crippen LogP contribution in [0.25, 0.3) is 23.0 Å². The standard InChI is InChI=1S/C23H19F3N6O2/c24-23(25,26)17-3-1-2-4-19(17)33-16-9-13-32(14-10-16)20-6-5-18(28-29-20)22-31-30-21(34-22)15-7-11-27-12-8-15/h1-8,11-12,16H,9-10,13-14H2. The lowest BCUT2D eigenvalue weighted by Gasteiger charge is -2.33. The molecule has 174 valence electrons. The first-order chi connectivity index (χ1) is 16.5. The van der Waals surface area contributed by atoms with Crippen molar-refractivity contribution in [1.82, 2.24) is 25.4 Å². The van der Waals surface area contributed by atoms with Crippen molar-refractivity contribution < 1.29 is 22.3 Å². The molecule has 0 N–H and O–H groups in total. The van der Waals surface area contributed by atoms with Crippen LogP contribution in [0, 0.1) is 0 Å². The van der Waals surface area contributed by atoms with Crippen LogP contribution in [-0.4, -0.2) is 44.6 Å². The SMILES string of the molecule is FC(F)(F)c1ccccc1OC1CCN(c2ccc(-c3nnc(-c4ccncc4)o3)nn2)CC1. The number of benzene rings is 1. The van der Waals surface area contributed by atoms with Crippen molar-refractivity contribution in [2.45, 2.75) is 25.1 Å². The summed E-state index contributed by atoms with van der Waals surface area (Å²) in [6, 6.07) is 12.4.